The molecule has 17 heavy (non-hydrogen) atoms. The molecule has 0 spiro atoms. The first-order chi connectivity index (χ1) is 7.99. The molecule has 0 atom stereocenters. The highest BCUT2D eigenvalue weighted by atomic mass is 35.5. The molecule has 2 heteroatoms. The maximum atomic E-state index is 5.73. The van der Waals surface area contributed by atoms with Crippen molar-refractivity contribution in [2.75, 3.05) is 0 Å². The van der Waals surface area contributed by atoms with Crippen LogP contribution in [0, 0.1) is 20.8 Å². The molecule has 0 heterocycles. The number of benzene rings is 2. The summed E-state index contributed by atoms with van der Waals surface area (Å²) in [6, 6.07) is 13.9. The summed E-state index contributed by atoms with van der Waals surface area (Å²) < 4.78 is 0. The molecule has 0 radical (unpaired) electrons. The van der Waals surface area contributed by atoms with E-state index in [1.807, 2.05) is 19.1 Å². The second-order valence-corrected chi connectivity index (χ2v) is 4.89. The molecule has 0 amide bonds. The van der Waals surface area contributed by atoms with Crippen LogP contribution in [-0.2, 0) is 0 Å². The minimum absolute atomic E-state index is 0.686. The van der Waals surface area contributed by atoms with Gasteiger partial charge in [-0.05, 0) is 38.5 Å². The highest BCUT2D eigenvalue weighted by molar-refractivity contribution is 6.35. The lowest BCUT2D eigenvalue weighted by molar-refractivity contribution is 1.40. The van der Waals surface area contributed by atoms with Gasteiger partial charge in [0, 0.05) is 10.0 Å². The van der Waals surface area contributed by atoms with Gasteiger partial charge in [-0.2, -0.15) is 0 Å². The van der Waals surface area contributed by atoms with Gasteiger partial charge < -0.3 is 0 Å². The van der Waals surface area contributed by atoms with Crippen molar-refractivity contribution in [1.82, 2.24) is 0 Å². The molecule has 0 bridgehead atoms. The summed E-state index contributed by atoms with van der Waals surface area (Å²) >= 11 is 11.4. The molecule has 90 valence electrons. The van der Waals surface area contributed by atoms with Crippen molar-refractivity contribution < 1.29 is 0 Å². The molecule has 0 N–H and O–H groups in total. The minimum Gasteiger partial charge on any atom is -0.0843 e. The van der Waals surface area contributed by atoms with E-state index in [4.69, 9.17) is 23.2 Å². The van der Waals surface area contributed by atoms with Crippen LogP contribution in [0.15, 0.2) is 42.5 Å². The largest absolute Gasteiger partial charge is 0.0843 e. The van der Waals surface area contributed by atoms with E-state index >= 15 is 0 Å². The van der Waals surface area contributed by atoms with Crippen LogP contribution in [-0.4, -0.2) is 0 Å². The van der Waals surface area contributed by atoms with E-state index in [0.29, 0.717) is 5.02 Å². The predicted molar refractivity (Wildman–Crippen MR) is 77.1 cm³/mol. The summed E-state index contributed by atoms with van der Waals surface area (Å²) in [5.74, 6) is 0. The Kier molecular flexibility index (Phi) is 5.54. The zero-order valence-electron chi connectivity index (χ0n) is 10.3. The molecule has 0 aliphatic rings. The van der Waals surface area contributed by atoms with Crippen molar-refractivity contribution in [1.29, 1.82) is 0 Å². The lowest BCUT2D eigenvalue weighted by Gasteiger charge is -1.94. The molecule has 0 nitrogen and oxygen atoms in total. The van der Waals surface area contributed by atoms with Gasteiger partial charge in [-0.1, -0.05) is 64.7 Å². The molecule has 0 saturated carbocycles. The second kappa shape index (κ2) is 6.68. The highest BCUT2D eigenvalue weighted by Gasteiger charge is 1.92. The molecule has 0 aliphatic heterocycles. The van der Waals surface area contributed by atoms with Gasteiger partial charge in [-0.25, -0.2) is 0 Å². The average molecular weight is 267 g/mol. The standard InChI is InChI=1S/C8H10.C7H6Cl2/c1-7-3-5-8(2)6-4-7;1-5-2-3-6(8)4-7(5)9/h3-6H,1-2H3;2-4H,1H3. The lowest BCUT2D eigenvalue weighted by atomic mass is 10.2. The van der Waals surface area contributed by atoms with E-state index in [1.165, 1.54) is 11.1 Å². The molecule has 0 fully saturated rings. The van der Waals surface area contributed by atoms with Crippen molar-refractivity contribution >= 4 is 23.2 Å². The van der Waals surface area contributed by atoms with Crippen molar-refractivity contribution in [3.05, 3.63) is 69.2 Å². The summed E-state index contributed by atoms with van der Waals surface area (Å²) in [4.78, 5) is 0. The third kappa shape index (κ3) is 5.25. The van der Waals surface area contributed by atoms with Crippen molar-refractivity contribution in [3.63, 3.8) is 0 Å². The molecular formula is C15H16Cl2. The first-order valence-corrected chi connectivity index (χ1v) is 6.19. The Morgan fingerprint density at radius 2 is 1.18 bits per heavy atom. The Hall–Kier alpha value is -0.980. The Balaban J connectivity index is 0.000000171. The van der Waals surface area contributed by atoms with Gasteiger partial charge in [0.2, 0.25) is 0 Å². The molecule has 2 aromatic carbocycles. The van der Waals surface area contributed by atoms with E-state index < -0.39 is 0 Å². The first kappa shape index (κ1) is 14.1. The second-order valence-electron chi connectivity index (χ2n) is 4.05. The lowest BCUT2D eigenvalue weighted by Crippen LogP contribution is -1.71. The molecule has 0 saturated heterocycles. The summed E-state index contributed by atoms with van der Waals surface area (Å²) in [5.41, 5.74) is 3.72. The quantitative estimate of drug-likeness (QED) is 0.582. The van der Waals surface area contributed by atoms with Gasteiger partial charge in [0.05, 0.1) is 0 Å². The fraction of sp³-hybridized carbons (Fsp3) is 0.200. The molecular weight excluding hydrogens is 251 g/mol. The predicted octanol–water partition coefficient (Wildman–Crippen LogP) is 5.61. The summed E-state index contributed by atoms with van der Waals surface area (Å²) in [7, 11) is 0. The van der Waals surface area contributed by atoms with Gasteiger partial charge in [0.1, 0.15) is 0 Å². The fourth-order valence-electron chi connectivity index (χ4n) is 1.20. The summed E-state index contributed by atoms with van der Waals surface area (Å²) in [5, 5.41) is 1.41. The normalized spacial score (nSPS) is 9.47. The number of hydrogen-bond donors (Lipinski definition) is 0. The molecule has 2 aromatic rings. The van der Waals surface area contributed by atoms with E-state index in [1.54, 1.807) is 6.07 Å². The minimum atomic E-state index is 0.686. The van der Waals surface area contributed by atoms with Crippen LogP contribution >= 0.6 is 23.2 Å². The first-order valence-electron chi connectivity index (χ1n) is 5.44. The zero-order chi connectivity index (χ0) is 12.8. The van der Waals surface area contributed by atoms with E-state index in [9.17, 15) is 0 Å². The molecule has 0 aliphatic carbocycles. The summed E-state index contributed by atoms with van der Waals surface area (Å²) in [6.07, 6.45) is 0. The summed E-state index contributed by atoms with van der Waals surface area (Å²) in [6.45, 7) is 6.14. The highest BCUT2D eigenvalue weighted by Crippen LogP contribution is 2.19. The van der Waals surface area contributed by atoms with Crippen LogP contribution in [0.4, 0.5) is 0 Å². The molecule has 0 aromatic heterocycles. The van der Waals surface area contributed by atoms with Crippen LogP contribution in [0.3, 0.4) is 0 Å². The van der Waals surface area contributed by atoms with E-state index in [-0.39, 0.29) is 0 Å². The Bertz CT molecular complexity index is 452. The van der Waals surface area contributed by atoms with E-state index in [2.05, 4.69) is 38.1 Å². The van der Waals surface area contributed by atoms with Crippen molar-refractivity contribution in [2.24, 2.45) is 0 Å². The fourth-order valence-corrected chi connectivity index (χ4v) is 1.61. The van der Waals surface area contributed by atoms with Gasteiger partial charge in [0.25, 0.3) is 0 Å². The topological polar surface area (TPSA) is 0 Å². The molecule has 0 unspecified atom stereocenters. The number of rotatable bonds is 0. The van der Waals surface area contributed by atoms with Crippen LogP contribution in [0.5, 0.6) is 0 Å². The van der Waals surface area contributed by atoms with Gasteiger partial charge in [-0.15, -0.1) is 0 Å². The third-order valence-corrected chi connectivity index (χ3v) is 2.99. The zero-order valence-corrected chi connectivity index (χ0v) is 11.8. The van der Waals surface area contributed by atoms with Crippen LogP contribution in [0.2, 0.25) is 10.0 Å². The Labute approximate surface area is 113 Å². The number of halogens is 2. The van der Waals surface area contributed by atoms with Crippen molar-refractivity contribution in [2.45, 2.75) is 20.8 Å². The average Bonchev–Trinajstić information content (AvgIpc) is 2.29. The van der Waals surface area contributed by atoms with E-state index in [0.717, 1.165) is 10.6 Å². The number of aryl methyl sites for hydroxylation is 3. The van der Waals surface area contributed by atoms with Crippen LogP contribution in [0.25, 0.3) is 0 Å². The third-order valence-electron chi connectivity index (χ3n) is 2.35. The van der Waals surface area contributed by atoms with Crippen LogP contribution in [0.1, 0.15) is 16.7 Å². The van der Waals surface area contributed by atoms with Crippen molar-refractivity contribution in [3.8, 4) is 0 Å². The monoisotopic (exact) mass is 266 g/mol. The van der Waals surface area contributed by atoms with Gasteiger partial charge in [0.15, 0.2) is 0 Å². The SMILES string of the molecule is Cc1ccc(C)cc1.Cc1ccc(Cl)cc1Cl. The maximum Gasteiger partial charge on any atom is 0.0449 e. The maximum absolute atomic E-state index is 5.73. The number of hydrogen-bond acceptors (Lipinski definition) is 0. The Morgan fingerprint density at radius 3 is 1.53 bits per heavy atom. The van der Waals surface area contributed by atoms with Crippen LogP contribution < -0.4 is 0 Å². The Morgan fingerprint density at radius 1 is 0.706 bits per heavy atom. The molecule has 2 rings (SSSR count). The smallest absolute Gasteiger partial charge is 0.0449 e. The van der Waals surface area contributed by atoms with Gasteiger partial charge >= 0.3 is 0 Å². The van der Waals surface area contributed by atoms with Gasteiger partial charge in [-0.3, -0.25) is 0 Å².